The zero-order valence-electron chi connectivity index (χ0n) is 5.75. The molecular formula is C8H9FO. The lowest BCUT2D eigenvalue weighted by molar-refractivity contribution is -0.00660. The maximum Gasteiger partial charge on any atom is 0.224 e. The average molecular weight is 140 g/mol. The van der Waals surface area contributed by atoms with Crippen molar-refractivity contribution in [3.8, 4) is 0 Å². The average Bonchev–Trinajstić information content (AvgIpc) is 2.05. The first-order valence-corrected chi connectivity index (χ1v) is 3.06. The van der Waals surface area contributed by atoms with Crippen molar-refractivity contribution < 1.29 is 9.13 Å². The van der Waals surface area contributed by atoms with Gasteiger partial charge in [0.05, 0.1) is 0 Å². The Morgan fingerprint density at radius 3 is 2.40 bits per heavy atom. The molecule has 1 aromatic rings. The van der Waals surface area contributed by atoms with E-state index in [-0.39, 0.29) is 0 Å². The normalized spacial score (nSPS) is 13.0. The van der Waals surface area contributed by atoms with Gasteiger partial charge in [-0.05, 0) is 0 Å². The Morgan fingerprint density at radius 2 is 1.90 bits per heavy atom. The lowest BCUT2D eigenvalue weighted by Crippen LogP contribution is -1.92. The zero-order chi connectivity index (χ0) is 7.40. The van der Waals surface area contributed by atoms with E-state index in [0.717, 1.165) is 0 Å². The monoisotopic (exact) mass is 140 g/mol. The molecule has 0 bridgehead atoms. The highest BCUT2D eigenvalue weighted by Crippen LogP contribution is 2.15. The van der Waals surface area contributed by atoms with Gasteiger partial charge in [-0.2, -0.15) is 0 Å². The maximum atomic E-state index is 12.6. The number of hydrogen-bond donors (Lipinski definition) is 0. The summed E-state index contributed by atoms with van der Waals surface area (Å²) in [6, 6.07) is 8.77. The molecule has 1 nitrogen and oxygen atoms in total. The topological polar surface area (TPSA) is 9.23 Å². The first-order chi connectivity index (χ1) is 4.84. The minimum Gasteiger partial charge on any atom is -0.348 e. The molecule has 0 aliphatic rings. The summed E-state index contributed by atoms with van der Waals surface area (Å²) in [6.45, 7) is 0. The Hall–Kier alpha value is -0.890. The molecule has 0 radical (unpaired) electrons. The van der Waals surface area contributed by atoms with Crippen molar-refractivity contribution in [2.45, 2.75) is 6.36 Å². The standard InChI is InChI=1S/C8H9FO/c1-10-8(9)7-5-3-2-4-6-7/h2-6,8H,1H3. The van der Waals surface area contributed by atoms with Crippen LogP contribution >= 0.6 is 0 Å². The molecular weight excluding hydrogens is 131 g/mol. The van der Waals surface area contributed by atoms with E-state index >= 15 is 0 Å². The molecule has 0 heterocycles. The number of halogens is 1. The zero-order valence-corrected chi connectivity index (χ0v) is 5.75. The molecule has 2 heteroatoms. The summed E-state index contributed by atoms with van der Waals surface area (Å²) in [5.74, 6) is 0. The third-order valence-corrected chi connectivity index (χ3v) is 1.27. The van der Waals surface area contributed by atoms with Crippen LogP contribution in [0.5, 0.6) is 0 Å². The molecule has 0 spiro atoms. The summed E-state index contributed by atoms with van der Waals surface area (Å²) in [6.07, 6.45) is -1.29. The van der Waals surface area contributed by atoms with Crippen molar-refractivity contribution in [3.05, 3.63) is 35.9 Å². The van der Waals surface area contributed by atoms with E-state index < -0.39 is 6.36 Å². The van der Waals surface area contributed by atoms with Gasteiger partial charge in [-0.1, -0.05) is 30.3 Å². The molecule has 1 rings (SSSR count). The van der Waals surface area contributed by atoms with E-state index in [0.29, 0.717) is 5.56 Å². The Morgan fingerprint density at radius 1 is 1.30 bits per heavy atom. The number of rotatable bonds is 2. The van der Waals surface area contributed by atoms with Crippen molar-refractivity contribution in [2.24, 2.45) is 0 Å². The van der Waals surface area contributed by atoms with Gasteiger partial charge in [0.15, 0.2) is 0 Å². The Bertz CT molecular complexity index is 186. The molecule has 1 unspecified atom stereocenters. The minimum atomic E-state index is -1.29. The van der Waals surface area contributed by atoms with Crippen molar-refractivity contribution in [2.75, 3.05) is 7.11 Å². The second-order valence-electron chi connectivity index (χ2n) is 1.96. The van der Waals surface area contributed by atoms with Gasteiger partial charge in [-0.25, -0.2) is 4.39 Å². The van der Waals surface area contributed by atoms with Gasteiger partial charge in [-0.15, -0.1) is 0 Å². The lowest BCUT2D eigenvalue weighted by atomic mass is 10.2. The molecule has 1 aromatic carbocycles. The summed E-state index contributed by atoms with van der Waals surface area (Å²) in [5.41, 5.74) is 0.560. The highest BCUT2D eigenvalue weighted by Gasteiger charge is 2.04. The summed E-state index contributed by atoms with van der Waals surface area (Å²) >= 11 is 0. The summed E-state index contributed by atoms with van der Waals surface area (Å²) < 4.78 is 17.1. The first-order valence-electron chi connectivity index (χ1n) is 3.06. The highest BCUT2D eigenvalue weighted by molar-refractivity contribution is 5.15. The SMILES string of the molecule is COC(F)c1ccccc1. The molecule has 0 saturated carbocycles. The van der Waals surface area contributed by atoms with Crippen molar-refractivity contribution >= 4 is 0 Å². The van der Waals surface area contributed by atoms with E-state index in [1.54, 1.807) is 24.3 Å². The minimum absolute atomic E-state index is 0.560. The van der Waals surface area contributed by atoms with Crippen molar-refractivity contribution in [3.63, 3.8) is 0 Å². The molecule has 0 aromatic heterocycles. The maximum absolute atomic E-state index is 12.6. The fourth-order valence-electron chi connectivity index (χ4n) is 0.740. The predicted octanol–water partition coefficient (Wildman–Crippen LogP) is 2.30. The van der Waals surface area contributed by atoms with Crippen LogP contribution in [-0.4, -0.2) is 7.11 Å². The quantitative estimate of drug-likeness (QED) is 0.612. The van der Waals surface area contributed by atoms with Gasteiger partial charge < -0.3 is 4.74 Å². The summed E-state index contributed by atoms with van der Waals surface area (Å²) in [7, 11) is 1.34. The predicted molar refractivity (Wildman–Crippen MR) is 37.3 cm³/mol. The molecule has 0 saturated heterocycles. The van der Waals surface area contributed by atoms with E-state index in [1.807, 2.05) is 6.07 Å². The number of alkyl halides is 1. The number of methoxy groups -OCH3 is 1. The summed E-state index contributed by atoms with van der Waals surface area (Å²) in [4.78, 5) is 0. The van der Waals surface area contributed by atoms with E-state index in [4.69, 9.17) is 0 Å². The fourth-order valence-corrected chi connectivity index (χ4v) is 0.740. The third-order valence-electron chi connectivity index (χ3n) is 1.27. The first kappa shape index (κ1) is 7.22. The molecule has 0 aliphatic heterocycles. The lowest BCUT2D eigenvalue weighted by Gasteiger charge is -2.03. The highest BCUT2D eigenvalue weighted by atomic mass is 19.1. The van der Waals surface area contributed by atoms with Crippen LogP contribution in [0.1, 0.15) is 11.9 Å². The molecule has 0 N–H and O–H groups in total. The van der Waals surface area contributed by atoms with E-state index in [2.05, 4.69) is 4.74 Å². The van der Waals surface area contributed by atoms with Crippen LogP contribution in [-0.2, 0) is 4.74 Å². The van der Waals surface area contributed by atoms with Crippen LogP contribution in [0.15, 0.2) is 30.3 Å². The van der Waals surface area contributed by atoms with Crippen LogP contribution in [0.2, 0.25) is 0 Å². The Labute approximate surface area is 59.4 Å². The van der Waals surface area contributed by atoms with Crippen LogP contribution in [0.4, 0.5) is 4.39 Å². The fraction of sp³-hybridized carbons (Fsp3) is 0.250. The second-order valence-corrected chi connectivity index (χ2v) is 1.96. The number of hydrogen-bond acceptors (Lipinski definition) is 1. The molecule has 54 valence electrons. The van der Waals surface area contributed by atoms with Crippen LogP contribution in [0.3, 0.4) is 0 Å². The Kier molecular flexibility index (Phi) is 2.40. The van der Waals surface area contributed by atoms with Gasteiger partial charge in [0, 0.05) is 12.7 Å². The van der Waals surface area contributed by atoms with Crippen LogP contribution in [0.25, 0.3) is 0 Å². The van der Waals surface area contributed by atoms with Crippen LogP contribution < -0.4 is 0 Å². The molecule has 10 heavy (non-hydrogen) atoms. The Balaban J connectivity index is 2.75. The van der Waals surface area contributed by atoms with Gasteiger partial charge in [0.1, 0.15) is 0 Å². The van der Waals surface area contributed by atoms with Gasteiger partial charge in [0.2, 0.25) is 6.36 Å². The third kappa shape index (κ3) is 1.54. The molecule has 1 atom stereocenters. The van der Waals surface area contributed by atoms with E-state index in [1.165, 1.54) is 7.11 Å². The molecule has 0 aliphatic carbocycles. The van der Waals surface area contributed by atoms with Gasteiger partial charge in [0.25, 0.3) is 0 Å². The van der Waals surface area contributed by atoms with Gasteiger partial charge >= 0.3 is 0 Å². The largest absolute Gasteiger partial charge is 0.348 e. The molecule has 0 fully saturated rings. The summed E-state index contributed by atoms with van der Waals surface area (Å²) in [5, 5.41) is 0. The second kappa shape index (κ2) is 3.32. The smallest absolute Gasteiger partial charge is 0.224 e. The number of ether oxygens (including phenoxy) is 1. The van der Waals surface area contributed by atoms with Gasteiger partial charge in [-0.3, -0.25) is 0 Å². The van der Waals surface area contributed by atoms with Crippen molar-refractivity contribution in [1.82, 2.24) is 0 Å². The molecule has 0 amide bonds. The van der Waals surface area contributed by atoms with Crippen molar-refractivity contribution in [1.29, 1.82) is 0 Å². The van der Waals surface area contributed by atoms with Crippen LogP contribution in [0, 0.1) is 0 Å². The van der Waals surface area contributed by atoms with E-state index in [9.17, 15) is 4.39 Å². The number of benzene rings is 1.